The second kappa shape index (κ2) is 3.67. The number of nitrogens with zero attached hydrogens (tertiary/aromatic N) is 2. The summed E-state index contributed by atoms with van der Waals surface area (Å²) in [5, 5.41) is 10.2. The van der Waals surface area contributed by atoms with Gasteiger partial charge in [-0.15, -0.1) is 0 Å². The molecule has 1 fully saturated rings. The van der Waals surface area contributed by atoms with Crippen LogP contribution in [0.5, 0.6) is 0 Å². The van der Waals surface area contributed by atoms with Gasteiger partial charge >= 0.3 is 0 Å². The molecule has 4 nitrogen and oxygen atoms in total. The molecule has 1 rings (SSSR count). The number of rotatable bonds is 2. The highest BCUT2D eigenvalue weighted by molar-refractivity contribution is 4.69. The second-order valence-electron chi connectivity index (χ2n) is 3.29. The maximum absolute atomic E-state index is 10.2. The van der Waals surface area contributed by atoms with Crippen LogP contribution in [0.3, 0.4) is 0 Å². The molecule has 1 atom stereocenters. The van der Waals surface area contributed by atoms with Crippen LogP contribution in [0.15, 0.2) is 0 Å². The number of hydrogen-bond donors (Lipinski definition) is 0. The molecule has 1 aliphatic rings. The molecule has 0 spiro atoms. The predicted molar refractivity (Wildman–Crippen MR) is 42.1 cm³/mol. The first-order chi connectivity index (χ1) is 5.18. The molecule has 1 unspecified atom stereocenters. The smallest absolute Gasteiger partial charge is 0.207 e. The Balaban J connectivity index is 2.28. The van der Waals surface area contributed by atoms with E-state index in [-0.39, 0.29) is 17.4 Å². The Labute approximate surface area is 66.3 Å². The molecule has 1 heterocycles. The molecule has 0 aromatic rings. The minimum Gasteiger partial charge on any atom is -0.306 e. The molecule has 1 aliphatic heterocycles. The van der Waals surface area contributed by atoms with Gasteiger partial charge < -0.3 is 4.90 Å². The molecular weight excluding hydrogens is 144 g/mol. The lowest BCUT2D eigenvalue weighted by atomic mass is 9.99. The number of likely N-dealkylation sites (tertiary alicyclic amines) is 1. The highest BCUT2D eigenvalue weighted by Gasteiger charge is 2.21. The van der Waals surface area contributed by atoms with Gasteiger partial charge in [-0.2, -0.15) is 0 Å². The summed E-state index contributed by atoms with van der Waals surface area (Å²) in [5.41, 5.74) is 0. The molecule has 0 amide bonds. The fourth-order valence-electron chi connectivity index (χ4n) is 1.63. The van der Waals surface area contributed by atoms with Crippen LogP contribution in [0.25, 0.3) is 0 Å². The fraction of sp³-hybridized carbons (Fsp3) is 1.00. The first kappa shape index (κ1) is 8.46. The lowest BCUT2D eigenvalue weighted by Gasteiger charge is -2.26. The van der Waals surface area contributed by atoms with Crippen molar-refractivity contribution in [1.29, 1.82) is 0 Å². The number of nitro groups is 1. The summed E-state index contributed by atoms with van der Waals surface area (Å²) in [6.45, 7) is 2.12. The van der Waals surface area contributed by atoms with Crippen LogP contribution in [0, 0.1) is 16.0 Å². The summed E-state index contributed by atoms with van der Waals surface area (Å²) in [5.74, 6) is 0.281. The zero-order valence-electron chi connectivity index (χ0n) is 6.82. The van der Waals surface area contributed by atoms with E-state index in [2.05, 4.69) is 4.90 Å². The molecule has 0 aromatic heterocycles. The van der Waals surface area contributed by atoms with Crippen molar-refractivity contribution in [3.05, 3.63) is 10.1 Å². The van der Waals surface area contributed by atoms with Crippen LogP contribution < -0.4 is 0 Å². The van der Waals surface area contributed by atoms with Crippen molar-refractivity contribution in [2.24, 2.45) is 5.92 Å². The van der Waals surface area contributed by atoms with Crippen LogP contribution in [0.1, 0.15) is 12.8 Å². The summed E-state index contributed by atoms with van der Waals surface area (Å²) in [7, 11) is 2.02. The maximum Gasteiger partial charge on any atom is 0.207 e. The Hall–Kier alpha value is -0.640. The van der Waals surface area contributed by atoms with Crippen molar-refractivity contribution < 1.29 is 4.92 Å². The Kier molecular flexibility index (Phi) is 2.82. The second-order valence-corrected chi connectivity index (χ2v) is 3.29. The molecule has 0 N–H and O–H groups in total. The molecule has 0 saturated carbocycles. The monoisotopic (exact) mass is 158 g/mol. The van der Waals surface area contributed by atoms with Gasteiger partial charge in [0.15, 0.2) is 0 Å². The van der Waals surface area contributed by atoms with E-state index in [9.17, 15) is 10.1 Å². The lowest BCUT2D eigenvalue weighted by Crippen LogP contribution is -2.35. The molecule has 4 heteroatoms. The van der Waals surface area contributed by atoms with Crippen LogP contribution in [-0.2, 0) is 0 Å². The zero-order chi connectivity index (χ0) is 8.27. The zero-order valence-corrected chi connectivity index (χ0v) is 6.82. The summed E-state index contributed by atoms with van der Waals surface area (Å²) in [6, 6.07) is 0. The Bertz CT molecular complexity index is 149. The van der Waals surface area contributed by atoms with E-state index in [1.807, 2.05) is 7.05 Å². The van der Waals surface area contributed by atoms with E-state index >= 15 is 0 Å². The molecule has 0 aliphatic carbocycles. The first-order valence-electron chi connectivity index (χ1n) is 3.99. The highest BCUT2D eigenvalue weighted by atomic mass is 16.6. The largest absolute Gasteiger partial charge is 0.306 e. The van der Waals surface area contributed by atoms with Crippen LogP contribution in [0.2, 0.25) is 0 Å². The SMILES string of the molecule is CN1CCCC(C[N+](=O)[O-])C1. The van der Waals surface area contributed by atoms with Gasteiger partial charge in [0.05, 0.1) is 0 Å². The van der Waals surface area contributed by atoms with Crippen LogP contribution in [0.4, 0.5) is 0 Å². The van der Waals surface area contributed by atoms with Crippen molar-refractivity contribution >= 4 is 0 Å². The van der Waals surface area contributed by atoms with Gasteiger partial charge in [0.25, 0.3) is 0 Å². The minimum atomic E-state index is -0.205. The summed E-state index contributed by atoms with van der Waals surface area (Å²) >= 11 is 0. The molecule has 0 radical (unpaired) electrons. The predicted octanol–water partition coefficient (Wildman–Crippen LogP) is 0.605. The van der Waals surface area contributed by atoms with Crippen LogP contribution in [-0.4, -0.2) is 36.5 Å². The van der Waals surface area contributed by atoms with E-state index in [4.69, 9.17) is 0 Å². The van der Waals surface area contributed by atoms with Gasteiger partial charge in [0.1, 0.15) is 0 Å². The van der Waals surface area contributed by atoms with E-state index in [1.54, 1.807) is 0 Å². The maximum atomic E-state index is 10.2. The molecule has 1 saturated heterocycles. The topological polar surface area (TPSA) is 46.4 Å². The summed E-state index contributed by atoms with van der Waals surface area (Å²) < 4.78 is 0. The summed E-state index contributed by atoms with van der Waals surface area (Å²) in [6.07, 6.45) is 2.13. The third kappa shape index (κ3) is 2.84. The van der Waals surface area contributed by atoms with Gasteiger partial charge in [-0.25, -0.2) is 0 Å². The molecular formula is C7H14N2O2. The van der Waals surface area contributed by atoms with Gasteiger partial charge in [-0.05, 0) is 26.4 Å². The number of hydrogen-bond acceptors (Lipinski definition) is 3. The average Bonchev–Trinajstić information content (AvgIpc) is 1.85. The van der Waals surface area contributed by atoms with Crippen molar-refractivity contribution in [2.75, 3.05) is 26.7 Å². The first-order valence-corrected chi connectivity index (χ1v) is 3.99. The molecule has 0 aromatic carbocycles. The quantitative estimate of drug-likeness (QED) is 0.437. The standard InChI is InChI=1S/C7H14N2O2/c1-8-4-2-3-7(5-8)6-9(10)11/h7H,2-6H2,1H3. The Morgan fingerprint density at radius 1 is 1.73 bits per heavy atom. The van der Waals surface area contributed by atoms with Crippen molar-refractivity contribution in [3.8, 4) is 0 Å². The highest BCUT2D eigenvalue weighted by Crippen LogP contribution is 2.14. The molecule has 0 bridgehead atoms. The Morgan fingerprint density at radius 3 is 3.00 bits per heavy atom. The number of piperidine rings is 1. The average molecular weight is 158 g/mol. The van der Waals surface area contributed by atoms with Crippen molar-refractivity contribution in [3.63, 3.8) is 0 Å². The third-order valence-electron chi connectivity index (χ3n) is 2.13. The van der Waals surface area contributed by atoms with E-state index in [0.717, 1.165) is 25.9 Å². The van der Waals surface area contributed by atoms with Crippen molar-refractivity contribution in [2.45, 2.75) is 12.8 Å². The fourth-order valence-corrected chi connectivity index (χ4v) is 1.63. The Morgan fingerprint density at radius 2 is 2.45 bits per heavy atom. The van der Waals surface area contributed by atoms with E-state index in [1.165, 1.54) is 0 Å². The van der Waals surface area contributed by atoms with E-state index < -0.39 is 0 Å². The molecule has 64 valence electrons. The summed E-state index contributed by atoms with van der Waals surface area (Å²) in [4.78, 5) is 12.1. The van der Waals surface area contributed by atoms with Crippen molar-refractivity contribution in [1.82, 2.24) is 4.90 Å². The van der Waals surface area contributed by atoms with Crippen LogP contribution >= 0.6 is 0 Å². The van der Waals surface area contributed by atoms with Gasteiger partial charge in [0, 0.05) is 17.4 Å². The van der Waals surface area contributed by atoms with Gasteiger partial charge in [-0.1, -0.05) is 0 Å². The lowest BCUT2D eigenvalue weighted by molar-refractivity contribution is -0.489. The van der Waals surface area contributed by atoms with E-state index in [0.29, 0.717) is 0 Å². The third-order valence-corrected chi connectivity index (χ3v) is 2.13. The molecule has 11 heavy (non-hydrogen) atoms. The van der Waals surface area contributed by atoms with Gasteiger partial charge in [-0.3, -0.25) is 10.1 Å². The van der Waals surface area contributed by atoms with Gasteiger partial charge in [0.2, 0.25) is 6.54 Å². The normalized spacial score (nSPS) is 26.8. The minimum absolute atomic E-state index is 0.143.